The van der Waals surface area contributed by atoms with Crippen LogP contribution in [0.15, 0.2) is 22.7 Å². The van der Waals surface area contributed by atoms with E-state index in [9.17, 15) is 4.79 Å². The molecule has 88 valence electrons. The average Bonchev–Trinajstić information content (AvgIpc) is 2.28. The highest BCUT2D eigenvalue weighted by molar-refractivity contribution is 9.10. The van der Waals surface area contributed by atoms with Gasteiger partial charge < -0.3 is 5.32 Å². The summed E-state index contributed by atoms with van der Waals surface area (Å²) in [4.78, 5) is 11.7. The molecule has 0 aliphatic heterocycles. The lowest BCUT2D eigenvalue weighted by molar-refractivity contribution is 0.0953. The van der Waals surface area contributed by atoms with E-state index < -0.39 is 0 Å². The van der Waals surface area contributed by atoms with Gasteiger partial charge in [-0.05, 0) is 40.5 Å². The van der Waals surface area contributed by atoms with E-state index in [4.69, 9.17) is 11.6 Å². The Morgan fingerprint density at radius 1 is 1.44 bits per heavy atom. The van der Waals surface area contributed by atoms with Gasteiger partial charge in [0.25, 0.3) is 5.91 Å². The van der Waals surface area contributed by atoms with Crippen molar-refractivity contribution >= 4 is 33.4 Å². The standard InChI is InChI=1S/C12H15BrClNO/c1-2-3-4-7-15-12(16)9-5-6-10(13)11(14)8-9/h5-6,8H,2-4,7H2,1H3,(H,15,16). The van der Waals surface area contributed by atoms with Crippen molar-refractivity contribution in [1.29, 1.82) is 0 Å². The molecule has 4 heteroatoms. The molecule has 0 aliphatic rings. The molecule has 1 N–H and O–H groups in total. The maximum absolute atomic E-state index is 11.7. The number of rotatable bonds is 5. The molecule has 1 aromatic rings. The predicted molar refractivity (Wildman–Crippen MR) is 71.0 cm³/mol. The number of carbonyl (C=O) groups is 1. The summed E-state index contributed by atoms with van der Waals surface area (Å²) in [7, 11) is 0. The van der Waals surface area contributed by atoms with E-state index in [-0.39, 0.29) is 5.91 Å². The first-order valence-electron chi connectivity index (χ1n) is 5.38. The summed E-state index contributed by atoms with van der Waals surface area (Å²) in [6.45, 7) is 2.86. The summed E-state index contributed by atoms with van der Waals surface area (Å²) in [6, 6.07) is 5.20. The molecule has 0 saturated carbocycles. The Bertz CT molecular complexity index is 368. The van der Waals surface area contributed by atoms with E-state index >= 15 is 0 Å². The minimum atomic E-state index is -0.0643. The fourth-order valence-electron chi connectivity index (χ4n) is 1.32. The van der Waals surface area contributed by atoms with Gasteiger partial charge in [0, 0.05) is 16.6 Å². The molecule has 0 aliphatic carbocycles. The number of benzene rings is 1. The fraction of sp³-hybridized carbons (Fsp3) is 0.417. The molecule has 0 aromatic heterocycles. The van der Waals surface area contributed by atoms with Gasteiger partial charge in [-0.3, -0.25) is 4.79 Å². The molecule has 0 saturated heterocycles. The van der Waals surface area contributed by atoms with Gasteiger partial charge in [0.05, 0.1) is 5.02 Å². The molecule has 0 radical (unpaired) electrons. The van der Waals surface area contributed by atoms with Crippen molar-refractivity contribution in [1.82, 2.24) is 5.32 Å². The van der Waals surface area contributed by atoms with E-state index in [2.05, 4.69) is 28.2 Å². The number of hydrogen-bond acceptors (Lipinski definition) is 1. The van der Waals surface area contributed by atoms with Crippen molar-refractivity contribution in [3.8, 4) is 0 Å². The third kappa shape index (κ3) is 4.14. The number of nitrogens with one attached hydrogen (secondary N) is 1. The summed E-state index contributed by atoms with van der Waals surface area (Å²) >= 11 is 9.20. The van der Waals surface area contributed by atoms with Crippen LogP contribution in [0.5, 0.6) is 0 Å². The van der Waals surface area contributed by atoms with Gasteiger partial charge in [-0.25, -0.2) is 0 Å². The molecule has 1 amide bonds. The van der Waals surface area contributed by atoms with E-state index in [0.29, 0.717) is 10.6 Å². The van der Waals surface area contributed by atoms with Gasteiger partial charge in [0.1, 0.15) is 0 Å². The first kappa shape index (κ1) is 13.5. The summed E-state index contributed by atoms with van der Waals surface area (Å²) in [6.07, 6.45) is 3.31. The largest absolute Gasteiger partial charge is 0.352 e. The lowest BCUT2D eigenvalue weighted by atomic mass is 10.2. The van der Waals surface area contributed by atoms with Crippen molar-refractivity contribution in [2.75, 3.05) is 6.54 Å². The van der Waals surface area contributed by atoms with Crippen LogP contribution in [0, 0.1) is 0 Å². The van der Waals surface area contributed by atoms with E-state index in [1.807, 2.05) is 0 Å². The number of unbranched alkanes of at least 4 members (excludes halogenated alkanes) is 2. The number of carbonyl (C=O) groups excluding carboxylic acids is 1. The molecule has 0 spiro atoms. The summed E-state index contributed by atoms with van der Waals surface area (Å²) in [5.41, 5.74) is 0.602. The van der Waals surface area contributed by atoms with Gasteiger partial charge in [-0.1, -0.05) is 31.4 Å². The molecule has 0 bridgehead atoms. The van der Waals surface area contributed by atoms with Crippen molar-refractivity contribution in [3.63, 3.8) is 0 Å². The van der Waals surface area contributed by atoms with Gasteiger partial charge in [-0.2, -0.15) is 0 Å². The van der Waals surface area contributed by atoms with Crippen molar-refractivity contribution < 1.29 is 4.79 Å². The second kappa shape index (κ2) is 6.92. The lowest BCUT2D eigenvalue weighted by Crippen LogP contribution is -2.24. The molecule has 0 fully saturated rings. The Hall–Kier alpha value is -0.540. The Morgan fingerprint density at radius 2 is 2.19 bits per heavy atom. The minimum absolute atomic E-state index is 0.0643. The molecule has 1 aromatic carbocycles. The third-order valence-corrected chi connectivity index (χ3v) is 3.48. The van der Waals surface area contributed by atoms with E-state index in [1.165, 1.54) is 0 Å². The van der Waals surface area contributed by atoms with Crippen LogP contribution in [0.1, 0.15) is 36.5 Å². The van der Waals surface area contributed by atoms with Crippen LogP contribution < -0.4 is 5.32 Å². The zero-order chi connectivity index (χ0) is 12.0. The highest BCUT2D eigenvalue weighted by atomic mass is 79.9. The van der Waals surface area contributed by atoms with Gasteiger partial charge in [-0.15, -0.1) is 0 Å². The Labute approximate surface area is 110 Å². The number of hydrogen-bond donors (Lipinski definition) is 1. The number of amides is 1. The van der Waals surface area contributed by atoms with Crippen LogP contribution in [-0.2, 0) is 0 Å². The Morgan fingerprint density at radius 3 is 2.81 bits per heavy atom. The van der Waals surface area contributed by atoms with E-state index in [0.717, 1.165) is 30.3 Å². The number of halogens is 2. The molecule has 0 unspecified atom stereocenters. The van der Waals surface area contributed by atoms with Crippen molar-refractivity contribution in [2.45, 2.75) is 26.2 Å². The van der Waals surface area contributed by atoms with Gasteiger partial charge in [0.2, 0.25) is 0 Å². The average molecular weight is 305 g/mol. The Kier molecular flexibility index (Phi) is 5.85. The first-order valence-corrected chi connectivity index (χ1v) is 6.55. The second-order valence-electron chi connectivity index (χ2n) is 3.59. The first-order chi connectivity index (χ1) is 7.65. The molecule has 2 nitrogen and oxygen atoms in total. The zero-order valence-electron chi connectivity index (χ0n) is 9.22. The normalized spacial score (nSPS) is 10.2. The molecule has 0 atom stereocenters. The quantitative estimate of drug-likeness (QED) is 0.818. The second-order valence-corrected chi connectivity index (χ2v) is 4.85. The van der Waals surface area contributed by atoms with Gasteiger partial charge >= 0.3 is 0 Å². The topological polar surface area (TPSA) is 29.1 Å². The molecular weight excluding hydrogens is 289 g/mol. The monoisotopic (exact) mass is 303 g/mol. The van der Waals surface area contributed by atoms with Gasteiger partial charge in [0.15, 0.2) is 0 Å². The zero-order valence-corrected chi connectivity index (χ0v) is 11.6. The maximum atomic E-state index is 11.7. The third-order valence-electron chi connectivity index (χ3n) is 2.25. The van der Waals surface area contributed by atoms with Crippen LogP contribution in [0.25, 0.3) is 0 Å². The molecule has 16 heavy (non-hydrogen) atoms. The Balaban J connectivity index is 2.50. The van der Waals surface area contributed by atoms with Crippen LogP contribution >= 0.6 is 27.5 Å². The molecular formula is C12H15BrClNO. The summed E-state index contributed by atoms with van der Waals surface area (Å²) < 4.78 is 0.802. The smallest absolute Gasteiger partial charge is 0.251 e. The fourth-order valence-corrected chi connectivity index (χ4v) is 1.74. The predicted octanol–water partition coefficient (Wildman–Crippen LogP) is 4.02. The summed E-state index contributed by atoms with van der Waals surface area (Å²) in [5, 5.41) is 3.42. The highest BCUT2D eigenvalue weighted by Crippen LogP contribution is 2.23. The van der Waals surface area contributed by atoms with Crippen LogP contribution in [0.2, 0.25) is 5.02 Å². The minimum Gasteiger partial charge on any atom is -0.352 e. The van der Waals surface area contributed by atoms with Crippen LogP contribution in [0.4, 0.5) is 0 Å². The molecule has 0 heterocycles. The molecule has 1 rings (SSSR count). The maximum Gasteiger partial charge on any atom is 0.251 e. The highest BCUT2D eigenvalue weighted by Gasteiger charge is 2.06. The van der Waals surface area contributed by atoms with E-state index in [1.54, 1.807) is 18.2 Å². The van der Waals surface area contributed by atoms with Crippen molar-refractivity contribution in [3.05, 3.63) is 33.3 Å². The van der Waals surface area contributed by atoms with Crippen LogP contribution in [-0.4, -0.2) is 12.5 Å². The van der Waals surface area contributed by atoms with Crippen LogP contribution in [0.3, 0.4) is 0 Å². The lowest BCUT2D eigenvalue weighted by Gasteiger charge is -2.05. The SMILES string of the molecule is CCCCCNC(=O)c1ccc(Br)c(Cl)c1. The summed E-state index contributed by atoms with van der Waals surface area (Å²) in [5.74, 6) is -0.0643. The van der Waals surface area contributed by atoms with Crippen molar-refractivity contribution in [2.24, 2.45) is 0 Å².